The van der Waals surface area contributed by atoms with E-state index >= 15 is 0 Å². The molecule has 2 N–H and O–H groups in total. The summed E-state index contributed by atoms with van der Waals surface area (Å²) >= 11 is 0. The summed E-state index contributed by atoms with van der Waals surface area (Å²) in [5.41, 5.74) is 0.532. The van der Waals surface area contributed by atoms with E-state index in [1.54, 1.807) is 17.0 Å². The predicted molar refractivity (Wildman–Crippen MR) is 141 cm³/mol. The fourth-order valence-corrected chi connectivity index (χ4v) is 4.62. The van der Waals surface area contributed by atoms with Crippen molar-refractivity contribution < 1.29 is 38.8 Å². The van der Waals surface area contributed by atoms with E-state index in [1.165, 1.54) is 32.4 Å². The van der Waals surface area contributed by atoms with Gasteiger partial charge in [-0.15, -0.1) is 0 Å². The van der Waals surface area contributed by atoms with E-state index in [2.05, 4.69) is 0 Å². The predicted octanol–water partition coefficient (Wildman–Crippen LogP) is 4.93. The third-order valence-electron chi connectivity index (χ3n) is 6.84. The van der Waals surface area contributed by atoms with Crippen LogP contribution in [0.4, 0.5) is 5.69 Å². The minimum absolute atomic E-state index is 0.0365. The molecule has 3 rings (SSSR count). The number of aryl methyl sites for hydroxylation is 1. The quantitative estimate of drug-likeness (QED) is 0.328. The number of phenolic OH excluding ortho intramolecular Hbond substituents is 1. The van der Waals surface area contributed by atoms with Crippen LogP contribution in [0.1, 0.15) is 66.3 Å². The summed E-state index contributed by atoms with van der Waals surface area (Å²) in [4.78, 5) is 39.7. The zero-order valence-corrected chi connectivity index (χ0v) is 22.4. The number of aliphatic hydroxyl groups is 1. The van der Waals surface area contributed by atoms with Crippen LogP contribution in [0, 0.1) is 5.92 Å². The van der Waals surface area contributed by atoms with Gasteiger partial charge in [-0.25, -0.2) is 14.4 Å². The number of cyclic esters (lactones) is 1. The topological polar surface area (TPSA) is 123 Å². The van der Waals surface area contributed by atoms with Crippen molar-refractivity contribution in [3.8, 4) is 5.75 Å². The lowest BCUT2D eigenvalue weighted by atomic mass is 9.79. The number of hydrogen-bond acceptors (Lipinski definition) is 9. The standard InChI is InChI=1S/C29H35NO8/c1-6-13-30(22-15-20(26(33)36-4)14-21(16-22)27(34)37-5)25-24(32)17-29(18(2)3,38-28(25)35)12-11-19-7-9-23(31)10-8-19/h7-10,14-16,18,31-32H,6,11-13,17H2,1-5H3. The third kappa shape index (κ3) is 6.10. The fraction of sp³-hybridized carbons (Fsp3) is 0.414. The largest absolute Gasteiger partial charge is 0.510 e. The summed E-state index contributed by atoms with van der Waals surface area (Å²) in [6.07, 6.45) is 1.74. The van der Waals surface area contributed by atoms with Crippen molar-refractivity contribution >= 4 is 23.6 Å². The van der Waals surface area contributed by atoms with Gasteiger partial charge in [0.15, 0.2) is 5.70 Å². The Morgan fingerprint density at radius 1 is 1.03 bits per heavy atom. The molecular weight excluding hydrogens is 490 g/mol. The first kappa shape index (κ1) is 28.6. The molecule has 38 heavy (non-hydrogen) atoms. The molecule has 1 heterocycles. The molecule has 1 atom stereocenters. The number of anilines is 1. The van der Waals surface area contributed by atoms with Crippen molar-refractivity contribution in [1.29, 1.82) is 0 Å². The molecule has 2 aromatic rings. The number of aliphatic hydroxyl groups excluding tert-OH is 1. The minimum Gasteiger partial charge on any atom is -0.510 e. The third-order valence-corrected chi connectivity index (χ3v) is 6.84. The van der Waals surface area contributed by atoms with Crippen LogP contribution in [0.15, 0.2) is 53.9 Å². The van der Waals surface area contributed by atoms with Crippen LogP contribution in [-0.4, -0.2) is 54.5 Å². The van der Waals surface area contributed by atoms with Crippen LogP contribution in [0.25, 0.3) is 0 Å². The fourth-order valence-electron chi connectivity index (χ4n) is 4.62. The van der Waals surface area contributed by atoms with Gasteiger partial charge in [0.2, 0.25) is 0 Å². The van der Waals surface area contributed by atoms with E-state index in [4.69, 9.17) is 14.2 Å². The SMILES string of the molecule is CCCN(C1=C(O)CC(CCc2ccc(O)cc2)(C(C)C)OC1=O)c1cc(C(=O)OC)cc(C(=O)OC)c1. The zero-order valence-electron chi connectivity index (χ0n) is 22.4. The highest BCUT2D eigenvalue weighted by molar-refractivity contribution is 5.99. The van der Waals surface area contributed by atoms with Gasteiger partial charge in [-0.05, 0) is 61.1 Å². The Hall–Kier alpha value is -4.01. The van der Waals surface area contributed by atoms with Gasteiger partial charge in [0, 0.05) is 18.7 Å². The van der Waals surface area contributed by atoms with E-state index < -0.39 is 23.5 Å². The van der Waals surface area contributed by atoms with Crippen LogP contribution in [-0.2, 0) is 25.4 Å². The summed E-state index contributed by atoms with van der Waals surface area (Å²) in [5, 5.41) is 20.8. The summed E-state index contributed by atoms with van der Waals surface area (Å²) < 4.78 is 15.7. The van der Waals surface area contributed by atoms with Crippen molar-refractivity contribution in [3.05, 3.63) is 70.6 Å². The molecule has 0 saturated heterocycles. The lowest BCUT2D eigenvalue weighted by Crippen LogP contribution is -2.48. The lowest BCUT2D eigenvalue weighted by Gasteiger charge is -2.42. The average Bonchev–Trinajstić information content (AvgIpc) is 2.90. The van der Waals surface area contributed by atoms with Crippen molar-refractivity contribution in [2.24, 2.45) is 5.92 Å². The highest BCUT2D eigenvalue weighted by Crippen LogP contribution is 2.40. The number of ether oxygens (including phenoxy) is 3. The number of benzene rings is 2. The van der Waals surface area contributed by atoms with Crippen LogP contribution < -0.4 is 4.90 Å². The normalized spacial score (nSPS) is 17.3. The Labute approximate surface area is 222 Å². The van der Waals surface area contributed by atoms with Gasteiger partial charge in [0.25, 0.3) is 0 Å². The van der Waals surface area contributed by atoms with E-state index in [0.29, 0.717) is 31.5 Å². The lowest BCUT2D eigenvalue weighted by molar-refractivity contribution is -0.166. The molecule has 0 bridgehead atoms. The number of rotatable bonds is 10. The van der Waals surface area contributed by atoms with Gasteiger partial charge < -0.3 is 29.3 Å². The Balaban J connectivity index is 2.02. The molecule has 0 amide bonds. The molecule has 0 saturated carbocycles. The maximum absolute atomic E-state index is 13.5. The molecule has 2 aromatic carbocycles. The van der Waals surface area contributed by atoms with Crippen molar-refractivity contribution in [3.63, 3.8) is 0 Å². The van der Waals surface area contributed by atoms with Gasteiger partial charge in [-0.1, -0.05) is 32.9 Å². The van der Waals surface area contributed by atoms with E-state index in [9.17, 15) is 24.6 Å². The summed E-state index contributed by atoms with van der Waals surface area (Å²) in [5.74, 6) is -2.07. The van der Waals surface area contributed by atoms with E-state index in [-0.39, 0.29) is 40.7 Å². The first-order valence-corrected chi connectivity index (χ1v) is 12.6. The number of nitrogens with zero attached hydrogens (tertiary/aromatic N) is 1. The molecule has 1 aliphatic heterocycles. The average molecular weight is 526 g/mol. The maximum Gasteiger partial charge on any atom is 0.359 e. The molecule has 1 unspecified atom stereocenters. The highest BCUT2D eigenvalue weighted by Gasteiger charge is 2.45. The summed E-state index contributed by atoms with van der Waals surface area (Å²) in [6, 6.07) is 11.2. The number of methoxy groups -OCH3 is 2. The Morgan fingerprint density at radius 2 is 1.61 bits per heavy atom. The van der Waals surface area contributed by atoms with E-state index in [0.717, 1.165) is 5.56 Å². The second-order valence-electron chi connectivity index (χ2n) is 9.65. The Bertz CT molecular complexity index is 1180. The van der Waals surface area contributed by atoms with Gasteiger partial charge >= 0.3 is 17.9 Å². The highest BCUT2D eigenvalue weighted by atomic mass is 16.6. The molecule has 204 valence electrons. The first-order valence-electron chi connectivity index (χ1n) is 12.6. The maximum atomic E-state index is 13.5. The molecule has 0 spiro atoms. The number of carbonyl (C=O) groups excluding carboxylic acids is 3. The van der Waals surface area contributed by atoms with E-state index in [1.807, 2.05) is 32.9 Å². The zero-order chi connectivity index (χ0) is 28.0. The molecule has 1 aliphatic rings. The molecule has 0 aromatic heterocycles. The number of esters is 3. The van der Waals surface area contributed by atoms with Crippen LogP contribution >= 0.6 is 0 Å². The number of phenols is 1. The summed E-state index contributed by atoms with van der Waals surface area (Å²) in [6.45, 7) is 6.09. The number of carbonyl (C=O) groups is 3. The van der Waals surface area contributed by atoms with Gasteiger partial charge in [0.05, 0.1) is 25.3 Å². The van der Waals surface area contributed by atoms with Crippen LogP contribution in [0.5, 0.6) is 5.75 Å². The van der Waals surface area contributed by atoms with Crippen molar-refractivity contribution in [1.82, 2.24) is 0 Å². The second-order valence-corrected chi connectivity index (χ2v) is 9.65. The molecule has 0 fully saturated rings. The Morgan fingerprint density at radius 3 is 2.08 bits per heavy atom. The smallest absolute Gasteiger partial charge is 0.359 e. The van der Waals surface area contributed by atoms with Gasteiger partial charge in [-0.2, -0.15) is 0 Å². The Kier molecular flexibility index (Phi) is 9.04. The van der Waals surface area contributed by atoms with Crippen molar-refractivity contribution in [2.75, 3.05) is 25.7 Å². The van der Waals surface area contributed by atoms with Gasteiger partial charge in [-0.3, -0.25) is 0 Å². The van der Waals surface area contributed by atoms with Crippen molar-refractivity contribution in [2.45, 2.75) is 52.1 Å². The first-order chi connectivity index (χ1) is 18.0. The monoisotopic (exact) mass is 525 g/mol. The minimum atomic E-state index is -0.939. The van der Waals surface area contributed by atoms with Crippen LogP contribution in [0.2, 0.25) is 0 Å². The molecular formula is C29H35NO8. The van der Waals surface area contributed by atoms with Crippen LogP contribution in [0.3, 0.4) is 0 Å². The number of aromatic hydroxyl groups is 1. The molecule has 0 aliphatic carbocycles. The second kappa shape index (κ2) is 12.0. The molecule has 0 radical (unpaired) electrons. The van der Waals surface area contributed by atoms with Gasteiger partial charge in [0.1, 0.15) is 17.1 Å². The summed E-state index contributed by atoms with van der Waals surface area (Å²) in [7, 11) is 2.46. The molecule has 9 nitrogen and oxygen atoms in total. The number of hydrogen-bond donors (Lipinski definition) is 2. The molecule has 9 heteroatoms.